The van der Waals surface area contributed by atoms with Crippen LogP contribution >= 0.6 is 23.2 Å². The van der Waals surface area contributed by atoms with E-state index in [1.807, 2.05) is 0 Å². The number of aromatic nitrogens is 2. The summed E-state index contributed by atoms with van der Waals surface area (Å²) < 4.78 is 15.7. The summed E-state index contributed by atoms with van der Waals surface area (Å²) in [6, 6.07) is 0. The van der Waals surface area contributed by atoms with Crippen molar-refractivity contribution in [3.63, 3.8) is 0 Å². The molecule has 0 atom stereocenters. The molecule has 1 aromatic heterocycles. The quantitative estimate of drug-likeness (QED) is 0.481. The average Bonchev–Trinajstić information content (AvgIpc) is 2.81. The Kier molecular flexibility index (Phi) is 4.93. The Hall–Kier alpha value is -0.950. The highest BCUT2D eigenvalue weighted by Crippen LogP contribution is 2.31. The summed E-state index contributed by atoms with van der Waals surface area (Å²) in [5, 5.41) is 0.217. The molecule has 0 aromatic carbocycles. The minimum absolute atomic E-state index is 0.0320. The molecule has 1 aliphatic heterocycles. The highest BCUT2D eigenvalue weighted by Gasteiger charge is 2.26. The zero-order valence-corrected chi connectivity index (χ0v) is 11.7. The molecule has 1 saturated heterocycles. The van der Waals surface area contributed by atoms with Crippen LogP contribution in [0.15, 0.2) is 0 Å². The first-order chi connectivity index (χ1) is 9.08. The second-order valence-corrected chi connectivity index (χ2v) is 4.50. The van der Waals surface area contributed by atoms with Crippen LogP contribution in [-0.2, 0) is 25.4 Å². The van der Waals surface area contributed by atoms with Crippen LogP contribution in [-0.4, -0.2) is 35.8 Å². The first kappa shape index (κ1) is 14.5. The molecule has 104 valence electrons. The lowest BCUT2D eigenvalue weighted by molar-refractivity contribution is -0.140. The third-order valence-corrected chi connectivity index (χ3v) is 2.91. The van der Waals surface area contributed by atoms with Crippen molar-refractivity contribution in [1.82, 2.24) is 9.97 Å². The van der Waals surface area contributed by atoms with Gasteiger partial charge >= 0.3 is 5.97 Å². The molecule has 1 aliphatic rings. The number of nitrogens with zero attached hydrogens (tertiary/aromatic N) is 2. The van der Waals surface area contributed by atoms with Gasteiger partial charge in [-0.1, -0.05) is 11.6 Å². The van der Waals surface area contributed by atoms with Gasteiger partial charge in [0.25, 0.3) is 0 Å². The van der Waals surface area contributed by atoms with Crippen LogP contribution in [0.2, 0.25) is 10.4 Å². The molecule has 0 amide bonds. The highest BCUT2D eigenvalue weighted by atomic mass is 35.5. The third-order valence-electron chi connectivity index (χ3n) is 2.45. The average molecular weight is 307 g/mol. The third kappa shape index (κ3) is 3.76. The molecule has 0 bridgehead atoms. The lowest BCUT2D eigenvalue weighted by atomic mass is 10.2. The van der Waals surface area contributed by atoms with E-state index in [-0.39, 0.29) is 23.0 Å². The molecule has 0 unspecified atom stereocenters. The van der Waals surface area contributed by atoms with Gasteiger partial charge in [-0.15, -0.1) is 0 Å². The number of hydrogen-bond donors (Lipinski definition) is 0. The molecule has 2 heterocycles. The fourth-order valence-electron chi connectivity index (χ4n) is 1.70. The summed E-state index contributed by atoms with van der Waals surface area (Å²) in [5.41, 5.74) is 1.09. The van der Waals surface area contributed by atoms with Crippen molar-refractivity contribution in [2.24, 2.45) is 0 Å². The summed E-state index contributed by atoms with van der Waals surface area (Å²) in [4.78, 5) is 18.7. The van der Waals surface area contributed by atoms with Crippen molar-refractivity contribution >= 4 is 29.2 Å². The van der Waals surface area contributed by atoms with E-state index in [1.165, 1.54) is 6.92 Å². The lowest BCUT2D eigenvalue weighted by Crippen LogP contribution is -2.12. The molecule has 1 fully saturated rings. The molecular formula is C11H12Cl2N2O4. The van der Waals surface area contributed by atoms with E-state index in [0.29, 0.717) is 30.9 Å². The van der Waals surface area contributed by atoms with Crippen LogP contribution in [0.5, 0.6) is 0 Å². The predicted octanol–water partition coefficient (Wildman–Crippen LogP) is 1.93. The monoisotopic (exact) mass is 306 g/mol. The summed E-state index contributed by atoms with van der Waals surface area (Å²) in [6.45, 7) is 2.47. The van der Waals surface area contributed by atoms with Crippen molar-refractivity contribution in [2.75, 3.05) is 19.8 Å². The van der Waals surface area contributed by atoms with E-state index in [2.05, 4.69) is 9.97 Å². The molecule has 19 heavy (non-hydrogen) atoms. The summed E-state index contributed by atoms with van der Waals surface area (Å²) >= 11 is 11.8. The van der Waals surface area contributed by atoms with Crippen molar-refractivity contribution in [1.29, 1.82) is 0 Å². The van der Waals surface area contributed by atoms with Gasteiger partial charge in [-0.2, -0.15) is 0 Å². The Labute approximate surface area is 120 Å². The Morgan fingerprint density at radius 3 is 2.68 bits per heavy atom. The van der Waals surface area contributed by atoms with Crippen molar-refractivity contribution in [2.45, 2.75) is 19.6 Å². The van der Waals surface area contributed by atoms with Crippen LogP contribution in [0.25, 0.3) is 0 Å². The van der Waals surface area contributed by atoms with Crippen molar-refractivity contribution in [3.05, 3.63) is 21.7 Å². The Morgan fingerprint density at radius 2 is 2.05 bits per heavy atom. The van der Waals surface area contributed by atoms with Gasteiger partial charge in [0.05, 0.1) is 31.1 Å². The maximum absolute atomic E-state index is 10.8. The Morgan fingerprint density at radius 1 is 1.37 bits per heavy atom. The zero-order valence-electron chi connectivity index (χ0n) is 10.2. The molecule has 0 saturated carbocycles. The Balaban J connectivity index is 2.21. The van der Waals surface area contributed by atoms with Gasteiger partial charge in [-0.3, -0.25) is 4.79 Å². The standard InChI is InChI=1S/C11H12Cl2N2O4/c1-6(16)17-3-2-7-8(10-18-4-5-19-10)9(12)15-11(13)14-7/h10H,2-5H2,1H3. The van der Waals surface area contributed by atoms with Gasteiger partial charge in [-0.25, -0.2) is 9.97 Å². The van der Waals surface area contributed by atoms with Gasteiger partial charge in [0.1, 0.15) is 5.15 Å². The maximum Gasteiger partial charge on any atom is 0.302 e. The molecule has 1 aromatic rings. The number of esters is 1. The highest BCUT2D eigenvalue weighted by molar-refractivity contribution is 6.32. The SMILES string of the molecule is CC(=O)OCCc1nc(Cl)nc(Cl)c1C1OCCO1. The second kappa shape index (κ2) is 6.47. The Bertz CT molecular complexity index is 478. The van der Waals surface area contributed by atoms with E-state index >= 15 is 0 Å². The molecule has 0 radical (unpaired) electrons. The maximum atomic E-state index is 10.8. The minimum atomic E-state index is -0.600. The smallest absolute Gasteiger partial charge is 0.302 e. The van der Waals surface area contributed by atoms with Crippen LogP contribution in [0.3, 0.4) is 0 Å². The van der Waals surface area contributed by atoms with Crippen LogP contribution in [0, 0.1) is 0 Å². The van der Waals surface area contributed by atoms with E-state index in [0.717, 1.165) is 0 Å². The zero-order chi connectivity index (χ0) is 13.8. The summed E-state index contributed by atoms with van der Waals surface area (Å²) in [7, 11) is 0. The summed E-state index contributed by atoms with van der Waals surface area (Å²) in [5.74, 6) is -0.360. The van der Waals surface area contributed by atoms with Crippen molar-refractivity contribution < 1.29 is 19.0 Å². The fourth-order valence-corrected chi connectivity index (χ4v) is 2.21. The summed E-state index contributed by atoms with van der Waals surface area (Å²) in [6.07, 6.45) is -0.239. The van der Waals surface area contributed by atoms with E-state index in [4.69, 9.17) is 37.4 Å². The number of hydrogen-bond acceptors (Lipinski definition) is 6. The van der Waals surface area contributed by atoms with E-state index in [1.54, 1.807) is 0 Å². The lowest BCUT2D eigenvalue weighted by Gasteiger charge is -2.15. The molecule has 2 rings (SSSR count). The molecule has 0 N–H and O–H groups in total. The molecule has 6 nitrogen and oxygen atoms in total. The van der Waals surface area contributed by atoms with Gasteiger partial charge in [0.15, 0.2) is 6.29 Å². The topological polar surface area (TPSA) is 70.5 Å². The predicted molar refractivity (Wildman–Crippen MR) is 67.0 cm³/mol. The molecule has 0 aliphatic carbocycles. The molecule has 0 spiro atoms. The second-order valence-electron chi connectivity index (χ2n) is 3.81. The number of carbonyl (C=O) groups excluding carboxylic acids is 1. The van der Waals surface area contributed by atoms with E-state index in [9.17, 15) is 4.79 Å². The molecule has 8 heteroatoms. The van der Waals surface area contributed by atoms with E-state index < -0.39 is 6.29 Å². The fraction of sp³-hybridized carbons (Fsp3) is 0.545. The van der Waals surface area contributed by atoms with Crippen LogP contribution < -0.4 is 0 Å². The van der Waals surface area contributed by atoms with Crippen LogP contribution in [0.1, 0.15) is 24.5 Å². The largest absolute Gasteiger partial charge is 0.465 e. The van der Waals surface area contributed by atoms with Crippen LogP contribution in [0.4, 0.5) is 0 Å². The minimum Gasteiger partial charge on any atom is -0.465 e. The normalized spacial score (nSPS) is 15.7. The van der Waals surface area contributed by atoms with Gasteiger partial charge < -0.3 is 14.2 Å². The number of ether oxygens (including phenoxy) is 3. The number of carbonyl (C=O) groups is 1. The number of halogens is 2. The van der Waals surface area contributed by atoms with Crippen molar-refractivity contribution in [3.8, 4) is 0 Å². The number of rotatable bonds is 4. The first-order valence-electron chi connectivity index (χ1n) is 5.66. The molecular weight excluding hydrogens is 295 g/mol. The first-order valence-corrected chi connectivity index (χ1v) is 6.42. The van der Waals surface area contributed by atoms with Gasteiger partial charge in [0.2, 0.25) is 5.28 Å². The van der Waals surface area contributed by atoms with Gasteiger partial charge in [-0.05, 0) is 11.6 Å². The van der Waals surface area contributed by atoms with Gasteiger partial charge in [0, 0.05) is 13.3 Å².